The molecule has 64 heavy (non-hydrogen) atoms. The van der Waals surface area contributed by atoms with Gasteiger partial charge in [-0.05, 0) is 79.8 Å². The fourth-order valence-corrected chi connectivity index (χ4v) is 7.94. The van der Waals surface area contributed by atoms with Crippen molar-refractivity contribution in [3.63, 3.8) is 0 Å². The van der Waals surface area contributed by atoms with Gasteiger partial charge in [-0.2, -0.15) is 0 Å². The van der Waals surface area contributed by atoms with Crippen molar-refractivity contribution in [3.05, 3.63) is 211 Å². The predicted molar refractivity (Wildman–Crippen MR) is 259 cm³/mol. The van der Waals surface area contributed by atoms with E-state index < -0.39 is 0 Å². The summed E-state index contributed by atoms with van der Waals surface area (Å²) in [5, 5.41) is 0. The molecular formula is C57H43N7. The first-order valence-electron chi connectivity index (χ1n) is 21.4. The molecule has 0 spiro atoms. The predicted octanol–water partition coefficient (Wildman–Crippen LogP) is 13.7. The summed E-state index contributed by atoms with van der Waals surface area (Å²) < 4.78 is 0. The molecule has 0 saturated heterocycles. The molecule has 306 valence electrons. The van der Waals surface area contributed by atoms with Crippen molar-refractivity contribution in [2.24, 2.45) is 0 Å². The van der Waals surface area contributed by atoms with Crippen molar-refractivity contribution < 1.29 is 0 Å². The van der Waals surface area contributed by atoms with Gasteiger partial charge in [0.1, 0.15) is 0 Å². The Morgan fingerprint density at radius 2 is 0.594 bits per heavy atom. The molecule has 7 heteroatoms. The standard InChI is InChI=1S/C57H43N7/c1-36-21-26-42(27-22-36)54-60-55(43-28-23-37(2)24-29-43)64-57(63-54)48-20-12-18-46(34-48)50-32-30-45(35-51(50)49-31-25-38(3)58-39(49)4)44-17-11-19-47(33-44)56-61-52(40-13-7-5-8-14-40)59-53(62-56)41-15-9-6-10-16-41/h5-35H,1-4H3. The summed E-state index contributed by atoms with van der Waals surface area (Å²) in [4.78, 5) is 35.0. The molecule has 0 fully saturated rings. The second-order valence-electron chi connectivity index (χ2n) is 16.1. The highest BCUT2D eigenvalue weighted by molar-refractivity contribution is 5.89. The van der Waals surface area contributed by atoms with Crippen LogP contribution in [-0.2, 0) is 0 Å². The Morgan fingerprint density at radius 1 is 0.234 bits per heavy atom. The molecule has 0 amide bonds. The molecule has 7 aromatic carbocycles. The number of pyridine rings is 1. The zero-order valence-corrected chi connectivity index (χ0v) is 36.0. The van der Waals surface area contributed by atoms with Crippen molar-refractivity contribution in [1.29, 1.82) is 0 Å². The highest BCUT2D eigenvalue weighted by atomic mass is 15.0. The number of hydrogen-bond donors (Lipinski definition) is 0. The van der Waals surface area contributed by atoms with E-state index in [0.717, 1.165) is 78.1 Å². The van der Waals surface area contributed by atoms with E-state index in [4.69, 9.17) is 34.9 Å². The normalized spacial score (nSPS) is 11.1. The van der Waals surface area contributed by atoms with Crippen LogP contribution in [0.2, 0.25) is 0 Å². The van der Waals surface area contributed by atoms with Gasteiger partial charge in [-0.3, -0.25) is 4.98 Å². The summed E-state index contributed by atoms with van der Waals surface area (Å²) in [6.45, 7) is 8.27. The first-order chi connectivity index (χ1) is 31.3. The van der Waals surface area contributed by atoms with Crippen LogP contribution in [0.3, 0.4) is 0 Å². The minimum absolute atomic E-state index is 0.607. The molecular weight excluding hydrogens is 783 g/mol. The Morgan fingerprint density at radius 3 is 1.08 bits per heavy atom. The first-order valence-corrected chi connectivity index (χ1v) is 21.4. The highest BCUT2D eigenvalue weighted by Crippen LogP contribution is 2.39. The molecule has 3 heterocycles. The second kappa shape index (κ2) is 17.2. The third-order valence-corrected chi connectivity index (χ3v) is 11.4. The van der Waals surface area contributed by atoms with Crippen LogP contribution >= 0.6 is 0 Å². The van der Waals surface area contributed by atoms with Crippen LogP contribution in [0.15, 0.2) is 188 Å². The van der Waals surface area contributed by atoms with E-state index in [1.165, 1.54) is 11.1 Å². The zero-order valence-electron chi connectivity index (χ0n) is 36.0. The molecule has 0 N–H and O–H groups in total. The molecule has 0 radical (unpaired) electrons. The van der Waals surface area contributed by atoms with E-state index in [-0.39, 0.29) is 0 Å². The Kier molecular flexibility index (Phi) is 10.7. The number of aromatic nitrogens is 7. The average Bonchev–Trinajstić information content (AvgIpc) is 3.34. The van der Waals surface area contributed by atoms with Gasteiger partial charge in [-0.25, -0.2) is 29.9 Å². The third kappa shape index (κ3) is 8.35. The maximum Gasteiger partial charge on any atom is 0.164 e. The van der Waals surface area contributed by atoms with Crippen molar-refractivity contribution in [2.75, 3.05) is 0 Å². The second-order valence-corrected chi connectivity index (χ2v) is 16.1. The molecule has 3 aromatic heterocycles. The van der Waals surface area contributed by atoms with E-state index in [0.29, 0.717) is 34.9 Å². The summed E-state index contributed by atoms with van der Waals surface area (Å²) >= 11 is 0. The minimum atomic E-state index is 0.607. The topological polar surface area (TPSA) is 90.2 Å². The number of benzene rings is 7. The monoisotopic (exact) mass is 825 g/mol. The summed E-state index contributed by atoms with van der Waals surface area (Å²) in [5.74, 6) is 3.72. The van der Waals surface area contributed by atoms with Crippen LogP contribution < -0.4 is 0 Å². The lowest BCUT2D eigenvalue weighted by atomic mass is 9.89. The largest absolute Gasteiger partial charge is 0.258 e. The van der Waals surface area contributed by atoms with E-state index >= 15 is 0 Å². The van der Waals surface area contributed by atoms with Crippen LogP contribution in [0.25, 0.3) is 102 Å². The quantitative estimate of drug-likeness (QED) is 0.143. The number of nitrogens with zero attached hydrogens (tertiary/aromatic N) is 7. The fourth-order valence-electron chi connectivity index (χ4n) is 7.94. The number of rotatable bonds is 9. The van der Waals surface area contributed by atoms with Gasteiger partial charge in [0.05, 0.1) is 0 Å². The van der Waals surface area contributed by atoms with Crippen LogP contribution in [0.1, 0.15) is 22.5 Å². The van der Waals surface area contributed by atoms with Gasteiger partial charge in [-0.1, -0.05) is 175 Å². The molecule has 0 atom stereocenters. The first kappa shape index (κ1) is 39.8. The minimum Gasteiger partial charge on any atom is -0.258 e. The van der Waals surface area contributed by atoms with Crippen LogP contribution in [0, 0.1) is 27.7 Å². The van der Waals surface area contributed by atoms with Gasteiger partial charge >= 0.3 is 0 Å². The van der Waals surface area contributed by atoms with Gasteiger partial charge in [0.25, 0.3) is 0 Å². The Hall–Kier alpha value is -8.29. The molecule has 0 aliphatic carbocycles. The molecule has 0 bridgehead atoms. The van der Waals surface area contributed by atoms with E-state index in [1.807, 2.05) is 67.6 Å². The molecule has 0 saturated carbocycles. The average molecular weight is 826 g/mol. The zero-order chi connectivity index (χ0) is 43.6. The Bertz CT molecular complexity index is 3170. The van der Waals surface area contributed by atoms with Crippen molar-refractivity contribution in [1.82, 2.24) is 34.9 Å². The lowest BCUT2D eigenvalue weighted by molar-refractivity contribution is 1.07. The third-order valence-electron chi connectivity index (χ3n) is 11.4. The van der Waals surface area contributed by atoms with Gasteiger partial charge in [0.15, 0.2) is 34.9 Å². The van der Waals surface area contributed by atoms with Gasteiger partial charge in [0, 0.05) is 50.3 Å². The van der Waals surface area contributed by atoms with E-state index in [1.54, 1.807) is 0 Å². The SMILES string of the molecule is Cc1ccc(-c2nc(-c3ccc(C)cc3)nc(-c3cccc(-c4ccc(-c5cccc(-c6nc(-c7ccccc7)nc(-c7ccccc7)n6)c5)cc4-c4ccc(C)nc4C)c3)n2)cc1. The molecule has 10 aromatic rings. The van der Waals surface area contributed by atoms with Crippen molar-refractivity contribution >= 4 is 0 Å². The maximum atomic E-state index is 5.07. The van der Waals surface area contributed by atoms with Crippen LogP contribution in [0.5, 0.6) is 0 Å². The molecule has 10 rings (SSSR count). The Labute approximate surface area is 373 Å². The smallest absolute Gasteiger partial charge is 0.164 e. The molecule has 7 nitrogen and oxygen atoms in total. The molecule has 0 unspecified atom stereocenters. The van der Waals surface area contributed by atoms with Crippen LogP contribution in [-0.4, -0.2) is 34.9 Å². The van der Waals surface area contributed by atoms with Crippen molar-refractivity contribution in [2.45, 2.75) is 27.7 Å². The van der Waals surface area contributed by atoms with E-state index in [2.05, 4.69) is 148 Å². The summed E-state index contributed by atoms with van der Waals surface area (Å²) in [7, 11) is 0. The molecule has 0 aliphatic heterocycles. The fraction of sp³-hybridized carbons (Fsp3) is 0.0702. The summed E-state index contributed by atoms with van der Waals surface area (Å²) in [6, 6.07) is 64.6. The lowest BCUT2D eigenvalue weighted by Gasteiger charge is -2.16. The summed E-state index contributed by atoms with van der Waals surface area (Å²) in [5.41, 5.74) is 16.1. The summed E-state index contributed by atoms with van der Waals surface area (Å²) in [6.07, 6.45) is 0. The Balaban J connectivity index is 1.08. The van der Waals surface area contributed by atoms with Crippen LogP contribution in [0.4, 0.5) is 0 Å². The highest BCUT2D eigenvalue weighted by Gasteiger charge is 2.18. The van der Waals surface area contributed by atoms with E-state index in [9.17, 15) is 0 Å². The number of hydrogen-bond acceptors (Lipinski definition) is 7. The van der Waals surface area contributed by atoms with Gasteiger partial charge in [0.2, 0.25) is 0 Å². The van der Waals surface area contributed by atoms with Gasteiger partial charge < -0.3 is 0 Å². The van der Waals surface area contributed by atoms with Crippen molar-refractivity contribution in [3.8, 4) is 102 Å². The molecule has 0 aliphatic rings. The van der Waals surface area contributed by atoms with Gasteiger partial charge in [-0.15, -0.1) is 0 Å². The number of aryl methyl sites for hydroxylation is 4. The maximum absolute atomic E-state index is 5.07. The lowest BCUT2D eigenvalue weighted by Crippen LogP contribution is -2.00.